The van der Waals surface area contributed by atoms with Gasteiger partial charge in [0.25, 0.3) is 5.91 Å². The molecule has 0 aromatic heterocycles. The number of methoxy groups -OCH3 is 1. The molecular weight excluding hydrogens is 290 g/mol. The molecule has 0 spiro atoms. The highest BCUT2D eigenvalue weighted by molar-refractivity contribution is 5.81. The van der Waals surface area contributed by atoms with E-state index in [1.54, 1.807) is 14.0 Å². The van der Waals surface area contributed by atoms with Gasteiger partial charge >= 0.3 is 0 Å². The van der Waals surface area contributed by atoms with Crippen molar-refractivity contribution >= 4 is 5.91 Å². The normalized spacial score (nSPS) is 13.0. The number of hydrogen-bond donors (Lipinski definition) is 1. The maximum Gasteiger partial charge on any atom is 0.261 e. The molecule has 1 amide bonds. The Bertz CT molecular complexity index is 610. The molecule has 0 heterocycles. The highest BCUT2D eigenvalue weighted by Gasteiger charge is 2.19. The van der Waals surface area contributed by atoms with Gasteiger partial charge in [0.15, 0.2) is 6.10 Å². The van der Waals surface area contributed by atoms with Gasteiger partial charge in [-0.3, -0.25) is 4.79 Å². The summed E-state index contributed by atoms with van der Waals surface area (Å²) >= 11 is 0. The maximum absolute atomic E-state index is 12.4. The lowest BCUT2D eigenvalue weighted by molar-refractivity contribution is -0.128. The van der Waals surface area contributed by atoms with Crippen molar-refractivity contribution in [2.24, 2.45) is 0 Å². The summed E-state index contributed by atoms with van der Waals surface area (Å²) in [6, 6.07) is 17.0. The lowest BCUT2D eigenvalue weighted by Crippen LogP contribution is -2.38. The van der Waals surface area contributed by atoms with Gasteiger partial charge in [-0.15, -0.1) is 0 Å². The summed E-state index contributed by atoms with van der Waals surface area (Å²) in [5, 5.41) is 3.04. The van der Waals surface area contributed by atoms with Crippen LogP contribution in [0, 0.1) is 0 Å². The Morgan fingerprint density at radius 1 is 1.04 bits per heavy atom. The van der Waals surface area contributed by atoms with E-state index in [9.17, 15) is 4.79 Å². The zero-order valence-corrected chi connectivity index (χ0v) is 13.8. The summed E-state index contributed by atoms with van der Waals surface area (Å²) in [6.45, 7) is 3.79. The van der Waals surface area contributed by atoms with Gasteiger partial charge in [-0.1, -0.05) is 37.3 Å². The molecule has 0 fully saturated rings. The van der Waals surface area contributed by atoms with Crippen molar-refractivity contribution < 1.29 is 14.3 Å². The summed E-state index contributed by atoms with van der Waals surface area (Å²) in [5.74, 6) is 1.36. The molecule has 0 saturated heterocycles. The Labute approximate surface area is 137 Å². The van der Waals surface area contributed by atoms with E-state index in [1.807, 2.05) is 61.5 Å². The third-order valence-corrected chi connectivity index (χ3v) is 3.67. The lowest BCUT2D eigenvalue weighted by atomic mass is 10.0. The Morgan fingerprint density at radius 3 is 2.26 bits per heavy atom. The minimum atomic E-state index is -0.551. The van der Waals surface area contributed by atoms with Crippen LogP contribution in [0.15, 0.2) is 54.6 Å². The smallest absolute Gasteiger partial charge is 0.261 e. The van der Waals surface area contributed by atoms with Gasteiger partial charge in [-0.2, -0.15) is 0 Å². The number of hydrogen-bond acceptors (Lipinski definition) is 3. The highest BCUT2D eigenvalue weighted by atomic mass is 16.5. The van der Waals surface area contributed by atoms with Crippen LogP contribution in [0.5, 0.6) is 11.5 Å². The van der Waals surface area contributed by atoms with E-state index in [4.69, 9.17) is 9.47 Å². The van der Waals surface area contributed by atoms with E-state index in [-0.39, 0.29) is 11.9 Å². The minimum absolute atomic E-state index is 0.0461. The number of amides is 1. The number of benzene rings is 2. The van der Waals surface area contributed by atoms with Crippen molar-refractivity contribution in [2.75, 3.05) is 7.11 Å². The second-order valence-corrected chi connectivity index (χ2v) is 5.32. The molecule has 0 unspecified atom stereocenters. The third kappa shape index (κ3) is 4.74. The summed E-state index contributed by atoms with van der Waals surface area (Å²) < 4.78 is 10.8. The number of rotatable bonds is 7. The first-order chi connectivity index (χ1) is 11.1. The number of carbonyl (C=O) groups is 1. The van der Waals surface area contributed by atoms with Gasteiger partial charge < -0.3 is 14.8 Å². The van der Waals surface area contributed by atoms with Gasteiger partial charge in [0, 0.05) is 0 Å². The van der Waals surface area contributed by atoms with Crippen LogP contribution in [0.25, 0.3) is 0 Å². The first kappa shape index (κ1) is 16.9. The van der Waals surface area contributed by atoms with Crippen molar-refractivity contribution in [1.29, 1.82) is 0 Å². The SMILES string of the molecule is CC[C@@H](NC(=O)[C@@H](C)Oc1ccccc1)c1ccc(OC)cc1. The minimum Gasteiger partial charge on any atom is -0.497 e. The standard InChI is InChI=1S/C19H23NO3/c1-4-18(15-10-12-16(22-3)13-11-15)20-19(21)14(2)23-17-8-6-5-7-9-17/h5-14,18H,4H2,1-3H3,(H,20,21)/t14-,18-/m1/s1. The Balaban J connectivity index is 1.98. The Hall–Kier alpha value is -2.49. The number of ether oxygens (including phenoxy) is 2. The zero-order valence-electron chi connectivity index (χ0n) is 13.8. The predicted molar refractivity (Wildman–Crippen MR) is 90.7 cm³/mol. The first-order valence-corrected chi connectivity index (χ1v) is 7.80. The van der Waals surface area contributed by atoms with E-state index in [0.717, 1.165) is 17.7 Å². The number of carbonyl (C=O) groups excluding carboxylic acids is 1. The van der Waals surface area contributed by atoms with Crippen LogP contribution in [-0.2, 0) is 4.79 Å². The molecule has 2 aromatic rings. The van der Waals surface area contributed by atoms with E-state index < -0.39 is 6.10 Å². The van der Waals surface area contributed by atoms with Crippen LogP contribution < -0.4 is 14.8 Å². The molecule has 0 aliphatic heterocycles. The van der Waals surface area contributed by atoms with Crippen LogP contribution in [0.4, 0.5) is 0 Å². The molecule has 0 aliphatic rings. The largest absolute Gasteiger partial charge is 0.497 e. The van der Waals surface area contributed by atoms with Crippen molar-refractivity contribution in [1.82, 2.24) is 5.32 Å². The Kier molecular flexibility index (Phi) is 6.03. The van der Waals surface area contributed by atoms with Crippen LogP contribution >= 0.6 is 0 Å². The van der Waals surface area contributed by atoms with E-state index in [1.165, 1.54) is 0 Å². The van der Waals surface area contributed by atoms with Gasteiger partial charge in [-0.05, 0) is 43.2 Å². The molecule has 4 heteroatoms. The highest BCUT2D eigenvalue weighted by Crippen LogP contribution is 2.20. The molecule has 2 aromatic carbocycles. The molecule has 122 valence electrons. The summed E-state index contributed by atoms with van der Waals surface area (Å²) in [4.78, 5) is 12.4. The lowest BCUT2D eigenvalue weighted by Gasteiger charge is -2.21. The summed E-state index contributed by atoms with van der Waals surface area (Å²) in [6.07, 6.45) is 0.251. The van der Waals surface area contributed by atoms with E-state index in [0.29, 0.717) is 5.75 Å². The molecule has 23 heavy (non-hydrogen) atoms. The monoisotopic (exact) mass is 313 g/mol. The first-order valence-electron chi connectivity index (χ1n) is 7.80. The number of para-hydroxylation sites is 1. The zero-order chi connectivity index (χ0) is 16.7. The van der Waals surface area contributed by atoms with Gasteiger partial charge in [-0.25, -0.2) is 0 Å². The fourth-order valence-corrected chi connectivity index (χ4v) is 2.30. The molecule has 0 aliphatic carbocycles. The van der Waals surface area contributed by atoms with Crippen LogP contribution in [0.3, 0.4) is 0 Å². The van der Waals surface area contributed by atoms with Gasteiger partial charge in [0.1, 0.15) is 11.5 Å². The average Bonchev–Trinajstić information content (AvgIpc) is 2.60. The van der Waals surface area contributed by atoms with Crippen LogP contribution in [0.2, 0.25) is 0 Å². The van der Waals surface area contributed by atoms with Crippen LogP contribution in [0.1, 0.15) is 31.9 Å². The summed E-state index contributed by atoms with van der Waals surface area (Å²) in [5.41, 5.74) is 1.05. The van der Waals surface area contributed by atoms with Crippen molar-refractivity contribution in [3.8, 4) is 11.5 Å². The topological polar surface area (TPSA) is 47.6 Å². The maximum atomic E-state index is 12.4. The third-order valence-electron chi connectivity index (χ3n) is 3.67. The molecule has 2 atom stereocenters. The quantitative estimate of drug-likeness (QED) is 0.847. The molecule has 4 nitrogen and oxygen atoms in total. The molecular formula is C19H23NO3. The average molecular weight is 313 g/mol. The molecule has 0 radical (unpaired) electrons. The fourth-order valence-electron chi connectivity index (χ4n) is 2.30. The molecule has 1 N–H and O–H groups in total. The summed E-state index contributed by atoms with van der Waals surface area (Å²) in [7, 11) is 1.64. The molecule has 0 bridgehead atoms. The van der Waals surface area contributed by atoms with Crippen molar-refractivity contribution in [3.63, 3.8) is 0 Å². The van der Waals surface area contributed by atoms with Crippen LogP contribution in [-0.4, -0.2) is 19.1 Å². The number of nitrogens with one attached hydrogen (secondary N) is 1. The van der Waals surface area contributed by atoms with Crippen molar-refractivity contribution in [3.05, 3.63) is 60.2 Å². The second-order valence-electron chi connectivity index (χ2n) is 5.32. The molecule has 0 saturated carbocycles. The Morgan fingerprint density at radius 2 is 1.70 bits per heavy atom. The second kappa shape index (κ2) is 8.22. The van der Waals surface area contributed by atoms with E-state index >= 15 is 0 Å². The van der Waals surface area contributed by atoms with E-state index in [2.05, 4.69) is 5.32 Å². The van der Waals surface area contributed by atoms with Gasteiger partial charge in [0.2, 0.25) is 0 Å². The fraction of sp³-hybridized carbons (Fsp3) is 0.316. The molecule has 2 rings (SSSR count). The van der Waals surface area contributed by atoms with Gasteiger partial charge in [0.05, 0.1) is 13.2 Å². The van der Waals surface area contributed by atoms with Crippen molar-refractivity contribution in [2.45, 2.75) is 32.4 Å². The predicted octanol–water partition coefficient (Wildman–Crippen LogP) is 3.73.